The molecule has 0 atom stereocenters. The Morgan fingerprint density at radius 2 is 1.08 bits per heavy atom. The van der Waals surface area contributed by atoms with Gasteiger partial charge in [0.1, 0.15) is 5.41 Å². The van der Waals surface area contributed by atoms with E-state index in [9.17, 15) is 4.79 Å². The molecule has 25 heavy (non-hydrogen) atoms. The number of Topliss-reactive ketones (excluding diaryl/α,β-unsaturated/α-hetero) is 1. The van der Waals surface area contributed by atoms with Crippen molar-refractivity contribution in [2.24, 2.45) is 0 Å². The lowest BCUT2D eigenvalue weighted by molar-refractivity contribution is -0.122. The highest BCUT2D eigenvalue weighted by Crippen LogP contribution is 2.41. The number of ketones is 1. The van der Waals surface area contributed by atoms with Crippen molar-refractivity contribution in [1.29, 1.82) is 0 Å². The fourth-order valence-corrected chi connectivity index (χ4v) is 3.47. The summed E-state index contributed by atoms with van der Waals surface area (Å²) in [6.45, 7) is 3.78. The Balaban J connectivity index is 2.31. The second-order valence-corrected chi connectivity index (χ2v) is 6.10. The van der Waals surface area contributed by atoms with Crippen LogP contribution < -0.4 is 0 Å². The Kier molecular flexibility index (Phi) is 5.25. The molecule has 1 nitrogen and oxygen atoms in total. The van der Waals surface area contributed by atoms with Gasteiger partial charge in [-0.1, -0.05) is 97.1 Å². The monoisotopic (exact) mass is 326 g/mol. The molecule has 0 fully saturated rings. The van der Waals surface area contributed by atoms with Crippen molar-refractivity contribution in [3.63, 3.8) is 0 Å². The maximum Gasteiger partial charge on any atom is 0.152 e. The van der Waals surface area contributed by atoms with Crippen molar-refractivity contribution in [3.05, 3.63) is 120 Å². The van der Waals surface area contributed by atoms with Gasteiger partial charge in [0.25, 0.3) is 0 Å². The summed E-state index contributed by atoms with van der Waals surface area (Å²) in [6, 6.07) is 30.2. The average molecular weight is 326 g/mol. The van der Waals surface area contributed by atoms with Crippen LogP contribution in [-0.4, -0.2) is 5.78 Å². The van der Waals surface area contributed by atoms with E-state index < -0.39 is 5.41 Å². The molecule has 3 rings (SSSR count). The van der Waals surface area contributed by atoms with Crippen LogP contribution in [-0.2, 0) is 10.2 Å². The zero-order chi connectivity index (χ0) is 17.5. The van der Waals surface area contributed by atoms with Crippen molar-refractivity contribution < 1.29 is 4.79 Å². The number of allylic oxidation sites excluding steroid dienone is 1. The normalized spacial score (nSPS) is 11.0. The van der Waals surface area contributed by atoms with Gasteiger partial charge in [0, 0.05) is 6.42 Å². The summed E-state index contributed by atoms with van der Waals surface area (Å²) in [4.78, 5) is 13.6. The van der Waals surface area contributed by atoms with E-state index in [1.54, 1.807) is 0 Å². The van der Waals surface area contributed by atoms with E-state index in [1.165, 1.54) is 0 Å². The van der Waals surface area contributed by atoms with Gasteiger partial charge in [-0.25, -0.2) is 0 Å². The van der Waals surface area contributed by atoms with E-state index in [-0.39, 0.29) is 5.78 Å². The number of hydrogen-bond acceptors (Lipinski definition) is 1. The van der Waals surface area contributed by atoms with Crippen molar-refractivity contribution in [1.82, 2.24) is 0 Å². The van der Waals surface area contributed by atoms with Crippen LogP contribution in [0.25, 0.3) is 0 Å². The molecule has 0 aliphatic rings. The molecule has 0 saturated carbocycles. The number of benzene rings is 3. The number of carbonyl (C=O) groups is 1. The molecule has 1 heteroatoms. The third kappa shape index (κ3) is 3.18. The second-order valence-electron chi connectivity index (χ2n) is 6.10. The molecule has 0 N–H and O–H groups in total. The Hall–Kier alpha value is -2.93. The first kappa shape index (κ1) is 16.9. The van der Waals surface area contributed by atoms with Crippen LogP contribution in [0.5, 0.6) is 0 Å². The summed E-state index contributed by atoms with van der Waals surface area (Å²) < 4.78 is 0. The van der Waals surface area contributed by atoms with Gasteiger partial charge in [-0.15, -0.1) is 6.58 Å². The van der Waals surface area contributed by atoms with Crippen LogP contribution >= 0.6 is 0 Å². The third-order valence-corrected chi connectivity index (χ3v) is 4.61. The van der Waals surface area contributed by atoms with Crippen LogP contribution in [0, 0.1) is 0 Å². The molecule has 0 unspecified atom stereocenters. The minimum absolute atomic E-state index is 0.191. The van der Waals surface area contributed by atoms with E-state index in [4.69, 9.17) is 0 Å². The second kappa shape index (κ2) is 7.76. The highest BCUT2D eigenvalue weighted by atomic mass is 16.1. The third-order valence-electron chi connectivity index (χ3n) is 4.61. The molecule has 0 bridgehead atoms. The van der Waals surface area contributed by atoms with Gasteiger partial charge < -0.3 is 0 Å². The molecular formula is C24H22O. The fourth-order valence-electron chi connectivity index (χ4n) is 3.47. The van der Waals surface area contributed by atoms with Gasteiger partial charge in [-0.05, 0) is 23.1 Å². The Morgan fingerprint density at radius 3 is 1.40 bits per heavy atom. The molecular weight excluding hydrogens is 304 g/mol. The van der Waals surface area contributed by atoms with Gasteiger partial charge >= 0.3 is 0 Å². The first-order valence-electron chi connectivity index (χ1n) is 8.61. The molecule has 0 aromatic heterocycles. The minimum Gasteiger partial charge on any atom is -0.298 e. The number of rotatable bonds is 7. The quantitative estimate of drug-likeness (QED) is 0.410. The molecule has 3 aromatic rings. The summed E-state index contributed by atoms with van der Waals surface area (Å²) in [5, 5.41) is 0. The lowest BCUT2D eigenvalue weighted by Gasteiger charge is -2.34. The van der Waals surface area contributed by atoms with Gasteiger partial charge in [-0.2, -0.15) is 0 Å². The molecule has 124 valence electrons. The van der Waals surface area contributed by atoms with Crippen LogP contribution in [0.3, 0.4) is 0 Å². The largest absolute Gasteiger partial charge is 0.298 e. The highest BCUT2D eigenvalue weighted by molar-refractivity contribution is 5.97. The standard InChI is InChI=1S/C24H22O/c1-2-3-19-23(25)24(20-13-7-4-8-14-20,21-15-9-5-10-16-21)22-17-11-6-12-18-22/h2,4-18H,1,3,19H2. The van der Waals surface area contributed by atoms with Crippen LogP contribution in [0.2, 0.25) is 0 Å². The van der Waals surface area contributed by atoms with E-state index in [1.807, 2.05) is 97.1 Å². The molecule has 0 saturated heterocycles. The molecule has 0 aliphatic carbocycles. The van der Waals surface area contributed by atoms with Gasteiger partial charge in [0.05, 0.1) is 0 Å². The maximum atomic E-state index is 13.6. The number of hydrogen-bond donors (Lipinski definition) is 0. The van der Waals surface area contributed by atoms with Gasteiger partial charge in [-0.3, -0.25) is 4.79 Å². The Labute approximate surface area is 149 Å². The lowest BCUT2D eigenvalue weighted by Crippen LogP contribution is -2.38. The predicted octanol–water partition coefficient (Wildman–Crippen LogP) is 5.56. The maximum absolute atomic E-state index is 13.6. The highest BCUT2D eigenvalue weighted by Gasteiger charge is 2.42. The van der Waals surface area contributed by atoms with Gasteiger partial charge in [0.2, 0.25) is 0 Å². The summed E-state index contributed by atoms with van der Waals surface area (Å²) in [7, 11) is 0. The van der Waals surface area contributed by atoms with Crippen molar-refractivity contribution in [3.8, 4) is 0 Å². The Bertz CT molecular complexity index is 723. The van der Waals surface area contributed by atoms with Crippen molar-refractivity contribution >= 4 is 5.78 Å². The van der Waals surface area contributed by atoms with Crippen LogP contribution in [0.4, 0.5) is 0 Å². The summed E-state index contributed by atoms with van der Waals surface area (Å²) in [5.41, 5.74) is 2.21. The van der Waals surface area contributed by atoms with Crippen LogP contribution in [0.15, 0.2) is 104 Å². The smallest absolute Gasteiger partial charge is 0.152 e. The molecule has 0 spiro atoms. The summed E-state index contributed by atoms with van der Waals surface area (Å²) in [5.74, 6) is 0.191. The van der Waals surface area contributed by atoms with E-state index in [2.05, 4.69) is 6.58 Å². The van der Waals surface area contributed by atoms with Gasteiger partial charge in [0.15, 0.2) is 5.78 Å². The van der Waals surface area contributed by atoms with Crippen LogP contribution in [0.1, 0.15) is 29.5 Å². The van der Waals surface area contributed by atoms with Crippen molar-refractivity contribution in [2.45, 2.75) is 18.3 Å². The first-order valence-corrected chi connectivity index (χ1v) is 8.61. The molecule has 3 aromatic carbocycles. The lowest BCUT2D eigenvalue weighted by atomic mass is 9.66. The zero-order valence-corrected chi connectivity index (χ0v) is 14.3. The zero-order valence-electron chi connectivity index (χ0n) is 14.3. The van der Waals surface area contributed by atoms with E-state index in [0.29, 0.717) is 12.8 Å². The average Bonchev–Trinajstić information content (AvgIpc) is 2.69. The van der Waals surface area contributed by atoms with E-state index in [0.717, 1.165) is 16.7 Å². The molecule has 0 heterocycles. The predicted molar refractivity (Wildman–Crippen MR) is 104 cm³/mol. The molecule has 0 radical (unpaired) electrons. The molecule has 0 amide bonds. The molecule has 0 aliphatic heterocycles. The first-order chi connectivity index (χ1) is 12.3. The van der Waals surface area contributed by atoms with E-state index >= 15 is 0 Å². The SMILES string of the molecule is C=CCCC(=O)C(c1ccccc1)(c1ccccc1)c1ccccc1. The Morgan fingerprint density at radius 1 is 0.720 bits per heavy atom. The van der Waals surface area contributed by atoms with Crippen molar-refractivity contribution in [2.75, 3.05) is 0 Å². The summed E-state index contributed by atoms with van der Waals surface area (Å²) >= 11 is 0. The number of carbonyl (C=O) groups excluding carboxylic acids is 1. The topological polar surface area (TPSA) is 17.1 Å². The minimum atomic E-state index is -0.799. The summed E-state index contributed by atoms with van der Waals surface area (Å²) in [6.07, 6.45) is 2.94. The fraction of sp³-hybridized carbons (Fsp3) is 0.125.